The molecule has 1 saturated heterocycles. The Morgan fingerprint density at radius 3 is 2.29 bits per heavy atom. The first-order chi connectivity index (χ1) is 16.6. The zero-order valence-corrected chi connectivity index (χ0v) is 21.0. The van der Waals surface area contributed by atoms with Crippen molar-refractivity contribution in [3.05, 3.63) is 26.4 Å². The molecule has 2 spiro atoms. The number of rotatable bonds is 6. The van der Waals surface area contributed by atoms with Gasteiger partial charge in [-0.2, -0.15) is 0 Å². The molecule has 1 aliphatic heterocycles. The Bertz CT molecular complexity index is 1170. The average molecular weight is 487 g/mol. The van der Waals surface area contributed by atoms with Crippen molar-refractivity contribution in [2.45, 2.75) is 95.3 Å². The summed E-state index contributed by atoms with van der Waals surface area (Å²) in [5, 5.41) is 18.4. The Labute approximate surface area is 205 Å². The van der Waals surface area contributed by atoms with Crippen molar-refractivity contribution in [1.29, 1.82) is 5.41 Å². The van der Waals surface area contributed by atoms with Gasteiger partial charge in [0.05, 0.1) is 11.6 Å². The van der Waals surface area contributed by atoms with Crippen molar-refractivity contribution < 1.29 is 9.90 Å². The largest absolute Gasteiger partial charge is 0.494 e. The fourth-order valence-electron chi connectivity index (χ4n) is 7.53. The third-order valence-electron chi connectivity index (χ3n) is 9.39. The molecule has 4 N–H and O–H groups in total. The van der Waals surface area contributed by atoms with Gasteiger partial charge in [-0.05, 0) is 69.1 Å². The summed E-state index contributed by atoms with van der Waals surface area (Å²) in [6.45, 7) is 2.26. The van der Waals surface area contributed by atoms with Crippen molar-refractivity contribution >= 4 is 11.9 Å². The second-order valence-corrected chi connectivity index (χ2v) is 11.5. The van der Waals surface area contributed by atoms with E-state index < -0.39 is 23.0 Å². The minimum atomic E-state index is -0.671. The lowest BCUT2D eigenvalue weighted by atomic mass is 9.49. The van der Waals surface area contributed by atoms with Gasteiger partial charge in [0.25, 0.3) is 5.56 Å². The van der Waals surface area contributed by atoms with Crippen LogP contribution in [0, 0.1) is 16.7 Å². The average Bonchev–Trinajstić information content (AvgIpc) is 3.59. The molecular formula is C25H38N6O4. The van der Waals surface area contributed by atoms with E-state index in [1.165, 1.54) is 22.0 Å². The first-order valence-corrected chi connectivity index (χ1v) is 13.0. The van der Waals surface area contributed by atoms with Crippen LogP contribution in [0.15, 0.2) is 9.59 Å². The van der Waals surface area contributed by atoms with Crippen LogP contribution in [-0.4, -0.2) is 61.6 Å². The van der Waals surface area contributed by atoms with E-state index in [9.17, 15) is 19.5 Å². The van der Waals surface area contributed by atoms with E-state index in [1.807, 2.05) is 30.8 Å². The van der Waals surface area contributed by atoms with Gasteiger partial charge in [-0.1, -0.05) is 13.3 Å². The molecule has 4 aliphatic rings. The first kappa shape index (κ1) is 23.9. The summed E-state index contributed by atoms with van der Waals surface area (Å²) in [6, 6.07) is 0.117. The van der Waals surface area contributed by atoms with Crippen molar-refractivity contribution in [3.8, 4) is 5.88 Å². The van der Waals surface area contributed by atoms with Gasteiger partial charge in [0.15, 0.2) is 0 Å². The number of aromatic hydroxyl groups is 1. The molecule has 192 valence electrons. The number of hydrogen-bond acceptors (Lipinski definition) is 5. The highest BCUT2D eigenvalue weighted by Crippen LogP contribution is 2.65. The molecule has 10 nitrogen and oxygen atoms in total. The summed E-state index contributed by atoms with van der Waals surface area (Å²) < 4.78 is 2.43. The van der Waals surface area contributed by atoms with E-state index in [0.717, 1.165) is 32.1 Å². The summed E-state index contributed by atoms with van der Waals surface area (Å²) in [5.41, 5.74) is 4.20. The molecule has 0 radical (unpaired) electrons. The summed E-state index contributed by atoms with van der Waals surface area (Å²) in [7, 11) is 3.88. The molecule has 3 aliphatic carbocycles. The van der Waals surface area contributed by atoms with Crippen LogP contribution < -0.4 is 17.0 Å². The summed E-state index contributed by atoms with van der Waals surface area (Å²) in [5.74, 6) is -0.428. The van der Waals surface area contributed by atoms with Gasteiger partial charge < -0.3 is 20.6 Å². The number of carbonyl (C=O) groups excluding carboxylic acids is 1. The van der Waals surface area contributed by atoms with Gasteiger partial charge >= 0.3 is 11.7 Å². The summed E-state index contributed by atoms with van der Waals surface area (Å²) in [6.07, 6.45) is 8.97. The van der Waals surface area contributed by atoms with E-state index in [-0.39, 0.29) is 41.2 Å². The number of unbranched alkanes of at least 4 members (excludes halogenated alkanes) is 1. The third-order valence-corrected chi connectivity index (χ3v) is 9.39. The molecule has 5 rings (SSSR count). The maximum Gasteiger partial charge on any atom is 0.334 e. The van der Waals surface area contributed by atoms with Crippen LogP contribution in [0.25, 0.3) is 0 Å². The molecule has 4 fully saturated rings. The number of urea groups is 1. The molecule has 1 atom stereocenters. The second-order valence-electron chi connectivity index (χ2n) is 11.5. The number of amides is 2. The first-order valence-electron chi connectivity index (χ1n) is 13.0. The van der Waals surface area contributed by atoms with Gasteiger partial charge in [-0.15, -0.1) is 0 Å². The molecule has 1 aromatic rings. The molecule has 10 heteroatoms. The lowest BCUT2D eigenvalue weighted by Crippen LogP contribution is -2.65. The standard InChI is InChI=1S/C25H38N6O4/c1-4-5-12-30-20(32)17(19(26)27)21(33)31(23(30)35)16-8-10-24(11-9-16)13-25(14-24)18(15-6-7-15)28(2)22(34)29(25)3/h15-16,18,32H,4-14H2,1-3H3,(H3,26,27)/t16?,18-,24?,25?/m1/s1. The highest BCUT2D eigenvalue weighted by atomic mass is 16.3. The van der Waals surface area contributed by atoms with E-state index in [4.69, 9.17) is 11.1 Å². The Morgan fingerprint density at radius 2 is 1.74 bits per heavy atom. The smallest absolute Gasteiger partial charge is 0.334 e. The number of hydrogen-bond donors (Lipinski definition) is 3. The Kier molecular flexibility index (Phi) is 5.56. The molecule has 1 aromatic heterocycles. The molecule has 0 aromatic carbocycles. The minimum absolute atomic E-state index is 0.0934. The summed E-state index contributed by atoms with van der Waals surface area (Å²) in [4.78, 5) is 43.2. The van der Waals surface area contributed by atoms with Gasteiger partial charge in [-0.3, -0.25) is 19.3 Å². The molecule has 3 saturated carbocycles. The number of nitrogen functional groups attached to an aromatic ring is 1. The zero-order valence-electron chi connectivity index (χ0n) is 21.0. The van der Waals surface area contributed by atoms with Crippen LogP contribution in [0.1, 0.15) is 82.7 Å². The van der Waals surface area contributed by atoms with Gasteiger partial charge in [0.2, 0.25) is 5.88 Å². The molecule has 0 unspecified atom stereocenters. The monoisotopic (exact) mass is 486 g/mol. The Balaban J connectivity index is 1.39. The topological polar surface area (TPSA) is 138 Å². The van der Waals surface area contributed by atoms with Crippen LogP contribution in [0.3, 0.4) is 0 Å². The molecule has 2 heterocycles. The fraction of sp³-hybridized carbons (Fsp3) is 0.760. The Hall–Kier alpha value is -2.78. The minimum Gasteiger partial charge on any atom is -0.494 e. The lowest BCUT2D eigenvalue weighted by Gasteiger charge is -2.61. The number of likely N-dealkylation sites (N-methyl/N-ethyl adjacent to an activating group) is 2. The number of carbonyl (C=O) groups is 1. The second kappa shape index (κ2) is 8.13. The van der Waals surface area contributed by atoms with E-state index in [1.54, 1.807) is 0 Å². The van der Waals surface area contributed by atoms with E-state index in [0.29, 0.717) is 25.2 Å². The molecular weight excluding hydrogens is 448 g/mol. The quantitative estimate of drug-likeness (QED) is 0.418. The Morgan fingerprint density at radius 1 is 1.11 bits per heavy atom. The van der Waals surface area contributed by atoms with Gasteiger partial charge in [-0.25, -0.2) is 9.59 Å². The molecule has 0 bridgehead atoms. The predicted molar refractivity (Wildman–Crippen MR) is 132 cm³/mol. The highest BCUT2D eigenvalue weighted by Gasteiger charge is 2.68. The fourth-order valence-corrected chi connectivity index (χ4v) is 7.53. The SMILES string of the molecule is CCCCn1c(O)c(C(=N)N)c(=O)n(C2CCC3(CC2)CC2(C3)[C@@H](C3CC3)N(C)C(=O)N2C)c1=O. The van der Waals surface area contributed by atoms with Crippen molar-refractivity contribution in [2.75, 3.05) is 14.1 Å². The van der Waals surface area contributed by atoms with Crippen molar-refractivity contribution in [3.63, 3.8) is 0 Å². The van der Waals surface area contributed by atoms with Crippen LogP contribution in [0.4, 0.5) is 4.79 Å². The van der Waals surface area contributed by atoms with E-state index in [2.05, 4.69) is 0 Å². The highest BCUT2D eigenvalue weighted by molar-refractivity contribution is 5.96. The predicted octanol–water partition coefficient (Wildman–Crippen LogP) is 2.21. The van der Waals surface area contributed by atoms with Crippen LogP contribution >= 0.6 is 0 Å². The van der Waals surface area contributed by atoms with Crippen LogP contribution in [-0.2, 0) is 6.54 Å². The number of amidine groups is 1. The third kappa shape index (κ3) is 3.42. The normalized spacial score (nSPS) is 32.5. The maximum atomic E-state index is 13.3. The number of nitrogens with two attached hydrogens (primary N) is 1. The number of nitrogens with zero attached hydrogens (tertiary/aromatic N) is 4. The number of nitrogens with one attached hydrogen (secondary N) is 1. The van der Waals surface area contributed by atoms with Crippen LogP contribution in [0.5, 0.6) is 5.88 Å². The number of aromatic nitrogens is 2. The summed E-state index contributed by atoms with van der Waals surface area (Å²) >= 11 is 0. The van der Waals surface area contributed by atoms with E-state index >= 15 is 0 Å². The zero-order chi connectivity index (χ0) is 25.3. The molecule has 35 heavy (non-hydrogen) atoms. The van der Waals surface area contributed by atoms with Crippen molar-refractivity contribution in [2.24, 2.45) is 17.1 Å². The van der Waals surface area contributed by atoms with Gasteiger partial charge in [0, 0.05) is 26.7 Å². The molecule has 2 amide bonds. The lowest BCUT2D eigenvalue weighted by molar-refractivity contribution is -0.0892. The van der Waals surface area contributed by atoms with Crippen molar-refractivity contribution in [1.82, 2.24) is 18.9 Å². The van der Waals surface area contributed by atoms with Gasteiger partial charge in [0.1, 0.15) is 11.4 Å². The van der Waals surface area contributed by atoms with Crippen LogP contribution in [0.2, 0.25) is 0 Å². The maximum absolute atomic E-state index is 13.3.